The molecule has 0 saturated carbocycles. The highest BCUT2D eigenvalue weighted by Gasteiger charge is 2.09. The Bertz CT molecular complexity index is 629. The monoisotopic (exact) mass is 239 g/mol. The number of benzene rings is 2. The van der Waals surface area contributed by atoms with Crippen LogP contribution in [-0.2, 0) is 0 Å². The van der Waals surface area contributed by atoms with Gasteiger partial charge in [-0.1, -0.05) is 42.5 Å². The van der Waals surface area contributed by atoms with Crippen molar-refractivity contribution in [2.45, 2.75) is 13.8 Å². The van der Waals surface area contributed by atoms with Crippen molar-refractivity contribution in [3.63, 3.8) is 0 Å². The molecule has 0 N–H and O–H groups in total. The first-order valence-electron chi connectivity index (χ1n) is 5.68. The van der Waals surface area contributed by atoms with Crippen LogP contribution in [-0.4, -0.2) is 4.98 Å². The first-order valence-corrected chi connectivity index (χ1v) is 6.49. The third-order valence-corrected chi connectivity index (χ3v) is 4.20. The van der Waals surface area contributed by atoms with Crippen molar-refractivity contribution < 1.29 is 0 Å². The van der Waals surface area contributed by atoms with Crippen molar-refractivity contribution in [1.29, 1.82) is 0 Å². The van der Waals surface area contributed by atoms with Gasteiger partial charge in [-0.3, -0.25) is 0 Å². The molecule has 0 saturated heterocycles. The highest BCUT2D eigenvalue weighted by atomic mass is 32.1. The summed E-state index contributed by atoms with van der Waals surface area (Å²) in [4.78, 5) is 4.76. The van der Waals surface area contributed by atoms with Gasteiger partial charge in [-0.15, -0.1) is 11.3 Å². The van der Waals surface area contributed by atoms with Gasteiger partial charge >= 0.3 is 0 Å². The van der Waals surface area contributed by atoms with Gasteiger partial charge in [-0.2, -0.15) is 0 Å². The van der Waals surface area contributed by atoms with E-state index in [1.165, 1.54) is 21.4 Å². The predicted molar refractivity (Wildman–Crippen MR) is 74.5 cm³/mol. The SMILES string of the molecule is Cc1ccc(C)c2sc(-c3ccccc3)nc12. The molecule has 0 aliphatic carbocycles. The molecule has 1 nitrogen and oxygen atoms in total. The van der Waals surface area contributed by atoms with E-state index in [0.29, 0.717) is 0 Å². The molecule has 0 atom stereocenters. The molecule has 1 heterocycles. The highest BCUT2D eigenvalue weighted by molar-refractivity contribution is 7.21. The fourth-order valence-corrected chi connectivity index (χ4v) is 3.08. The number of rotatable bonds is 1. The molecule has 3 rings (SSSR count). The van der Waals surface area contributed by atoms with Gasteiger partial charge in [0.25, 0.3) is 0 Å². The minimum Gasteiger partial charge on any atom is -0.236 e. The summed E-state index contributed by atoms with van der Waals surface area (Å²) < 4.78 is 1.31. The van der Waals surface area contributed by atoms with Crippen LogP contribution in [0.25, 0.3) is 20.8 Å². The van der Waals surface area contributed by atoms with Crippen LogP contribution in [0, 0.1) is 13.8 Å². The average molecular weight is 239 g/mol. The minimum atomic E-state index is 1.11. The van der Waals surface area contributed by atoms with Gasteiger partial charge in [0.1, 0.15) is 5.01 Å². The molecule has 0 unspecified atom stereocenters. The zero-order valence-electron chi connectivity index (χ0n) is 9.90. The van der Waals surface area contributed by atoms with Crippen molar-refractivity contribution >= 4 is 21.6 Å². The number of hydrogen-bond donors (Lipinski definition) is 0. The lowest BCUT2D eigenvalue weighted by Gasteiger charge is -1.96. The first kappa shape index (κ1) is 10.5. The van der Waals surface area contributed by atoms with E-state index in [0.717, 1.165) is 10.5 Å². The van der Waals surface area contributed by atoms with Gasteiger partial charge in [-0.05, 0) is 25.0 Å². The second-order valence-corrected chi connectivity index (χ2v) is 5.26. The van der Waals surface area contributed by atoms with Gasteiger partial charge < -0.3 is 0 Å². The van der Waals surface area contributed by atoms with Gasteiger partial charge in [0, 0.05) is 5.56 Å². The van der Waals surface area contributed by atoms with Crippen LogP contribution in [0.3, 0.4) is 0 Å². The Balaban J connectivity index is 2.27. The molecule has 17 heavy (non-hydrogen) atoms. The Hall–Kier alpha value is -1.67. The topological polar surface area (TPSA) is 12.9 Å². The van der Waals surface area contributed by atoms with Crippen LogP contribution in [0.1, 0.15) is 11.1 Å². The summed E-state index contributed by atoms with van der Waals surface area (Å²) >= 11 is 1.78. The quantitative estimate of drug-likeness (QED) is 0.605. The maximum atomic E-state index is 4.76. The van der Waals surface area contributed by atoms with E-state index in [-0.39, 0.29) is 0 Å². The van der Waals surface area contributed by atoms with Crippen LogP contribution in [0.2, 0.25) is 0 Å². The maximum absolute atomic E-state index is 4.76. The number of hydrogen-bond acceptors (Lipinski definition) is 2. The van der Waals surface area contributed by atoms with Gasteiger partial charge in [0.05, 0.1) is 10.2 Å². The summed E-state index contributed by atoms with van der Waals surface area (Å²) in [5, 5.41) is 1.11. The summed E-state index contributed by atoms with van der Waals surface area (Å²) in [6, 6.07) is 14.7. The molecule has 0 aliphatic heterocycles. The second kappa shape index (κ2) is 3.97. The van der Waals surface area contributed by atoms with E-state index in [4.69, 9.17) is 4.98 Å². The fraction of sp³-hybridized carbons (Fsp3) is 0.133. The largest absolute Gasteiger partial charge is 0.236 e. The van der Waals surface area contributed by atoms with Crippen molar-refractivity contribution in [2.75, 3.05) is 0 Å². The molecule has 2 heteroatoms. The summed E-state index contributed by atoms with van der Waals surface area (Å²) in [6.07, 6.45) is 0. The van der Waals surface area contributed by atoms with Crippen LogP contribution in [0.5, 0.6) is 0 Å². The lowest BCUT2D eigenvalue weighted by molar-refractivity contribution is 1.40. The Morgan fingerprint density at radius 2 is 1.59 bits per heavy atom. The molecule has 0 spiro atoms. The van der Waals surface area contributed by atoms with E-state index < -0.39 is 0 Å². The van der Waals surface area contributed by atoms with Crippen LogP contribution in [0.15, 0.2) is 42.5 Å². The third-order valence-electron chi connectivity index (χ3n) is 2.96. The predicted octanol–water partition coefficient (Wildman–Crippen LogP) is 4.58. The van der Waals surface area contributed by atoms with E-state index in [1.54, 1.807) is 11.3 Å². The molecule has 0 amide bonds. The molecule has 1 aromatic heterocycles. The Kier molecular flexibility index (Phi) is 2.45. The number of aromatic nitrogens is 1. The zero-order chi connectivity index (χ0) is 11.8. The standard InChI is InChI=1S/C15H13NS/c1-10-8-9-11(2)14-13(10)16-15(17-14)12-6-4-3-5-7-12/h3-9H,1-2H3. The number of aryl methyl sites for hydroxylation is 2. The fourth-order valence-electron chi connectivity index (χ4n) is 1.96. The van der Waals surface area contributed by atoms with E-state index >= 15 is 0 Å². The smallest absolute Gasteiger partial charge is 0.124 e. The molecule has 84 valence electrons. The average Bonchev–Trinajstić information content (AvgIpc) is 2.81. The number of thiazole rings is 1. The van der Waals surface area contributed by atoms with Gasteiger partial charge in [0.2, 0.25) is 0 Å². The maximum Gasteiger partial charge on any atom is 0.124 e. The van der Waals surface area contributed by atoms with Crippen molar-refractivity contribution in [1.82, 2.24) is 4.98 Å². The Morgan fingerprint density at radius 3 is 2.29 bits per heavy atom. The van der Waals surface area contributed by atoms with Crippen LogP contribution < -0.4 is 0 Å². The molecule has 0 fully saturated rings. The summed E-state index contributed by atoms with van der Waals surface area (Å²) in [5.41, 5.74) is 4.91. The van der Waals surface area contributed by atoms with E-state index in [9.17, 15) is 0 Å². The van der Waals surface area contributed by atoms with E-state index in [2.05, 4.69) is 50.2 Å². The van der Waals surface area contributed by atoms with Crippen molar-refractivity contribution in [2.24, 2.45) is 0 Å². The van der Waals surface area contributed by atoms with Crippen LogP contribution in [0.4, 0.5) is 0 Å². The van der Waals surface area contributed by atoms with Gasteiger partial charge in [-0.25, -0.2) is 4.98 Å². The first-order chi connectivity index (χ1) is 8.25. The molecule has 3 aromatic rings. The lowest BCUT2D eigenvalue weighted by Crippen LogP contribution is -1.79. The lowest BCUT2D eigenvalue weighted by atomic mass is 10.1. The van der Waals surface area contributed by atoms with Crippen molar-refractivity contribution in [3.05, 3.63) is 53.6 Å². The Labute approximate surface area is 105 Å². The molecule has 2 aromatic carbocycles. The highest BCUT2D eigenvalue weighted by Crippen LogP contribution is 2.33. The summed E-state index contributed by atoms with van der Waals surface area (Å²) in [5.74, 6) is 0. The molecule has 0 aliphatic rings. The van der Waals surface area contributed by atoms with Gasteiger partial charge in [0.15, 0.2) is 0 Å². The molecular formula is C15H13NS. The minimum absolute atomic E-state index is 1.11. The molecule has 0 bridgehead atoms. The normalized spacial score (nSPS) is 10.9. The van der Waals surface area contributed by atoms with Crippen LogP contribution >= 0.6 is 11.3 Å². The molecule has 0 radical (unpaired) electrons. The second-order valence-electron chi connectivity index (χ2n) is 4.26. The summed E-state index contributed by atoms with van der Waals surface area (Å²) in [6.45, 7) is 4.27. The third kappa shape index (κ3) is 1.75. The summed E-state index contributed by atoms with van der Waals surface area (Å²) in [7, 11) is 0. The number of nitrogens with zero attached hydrogens (tertiary/aromatic N) is 1. The molecular weight excluding hydrogens is 226 g/mol. The number of fused-ring (bicyclic) bond motifs is 1. The van der Waals surface area contributed by atoms with E-state index in [1.807, 2.05) is 6.07 Å². The zero-order valence-corrected chi connectivity index (χ0v) is 10.7. The Morgan fingerprint density at radius 1 is 0.882 bits per heavy atom. The van der Waals surface area contributed by atoms with Crippen molar-refractivity contribution in [3.8, 4) is 10.6 Å².